The molecule has 2 heterocycles. The molecule has 0 radical (unpaired) electrons. The molecule has 0 bridgehead atoms. The van der Waals surface area contributed by atoms with E-state index >= 15 is 0 Å². The van der Waals surface area contributed by atoms with Gasteiger partial charge in [-0.2, -0.15) is 0 Å². The molecule has 3 heteroatoms. The molecule has 21 heavy (non-hydrogen) atoms. The van der Waals surface area contributed by atoms with E-state index in [9.17, 15) is 0 Å². The fourth-order valence-electron chi connectivity index (χ4n) is 3.18. The Balaban J connectivity index is 1.70. The van der Waals surface area contributed by atoms with Gasteiger partial charge in [-0.1, -0.05) is 24.3 Å². The minimum atomic E-state index is 0.128. The summed E-state index contributed by atoms with van der Waals surface area (Å²) >= 11 is 0. The average Bonchev–Trinajstić information content (AvgIpc) is 2.90. The predicted molar refractivity (Wildman–Crippen MR) is 85.2 cm³/mol. The lowest BCUT2D eigenvalue weighted by molar-refractivity contribution is 0.0314. The molecule has 1 atom stereocenters. The van der Waals surface area contributed by atoms with Gasteiger partial charge in [0.25, 0.3) is 0 Å². The normalized spacial score (nSPS) is 17.8. The molecule has 0 spiro atoms. The van der Waals surface area contributed by atoms with Crippen molar-refractivity contribution in [3.05, 3.63) is 65.9 Å². The molecule has 0 amide bonds. The molecule has 106 valence electrons. The van der Waals surface area contributed by atoms with Crippen molar-refractivity contribution in [3.63, 3.8) is 0 Å². The van der Waals surface area contributed by atoms with E-state index in [1.165, 1.54) is 22.0 Å². The number of benzene rings is 2. The van der Waals surface area contributed by atoms with Crippen molar-refractivity contribution >= 4 is 16.6 Å². The van der Waals surface area contributed by atoms with Gasteiger partial charge in [0.05, 0.1) is 13.2 Å². The van der Waals surface area contributed by atoms with Crippen LogP contribution in [0.5, 0.6) is 0 Å². The first-order valence-corrected chi connectivity index (χ1v) is 7.35. The largest absolute Gasteiger partial charge is 0.399 e. The summed E-state index contributed by atoms with van der Waals surface area (Å²) in [5, 5.41) is 1.18. The summed E-state index contributed by atoms with van der Waals surface area (Å²) < 4.78 is 8.26. The highest BCUT2D eigenvalue weighted by molar-refractivity contribution is 5.83. The van der Waals surface area contributed by atoms with Gasteiger partial charge in [-0.25, -0.2) is 0 Å². The van der Waals surface area contributed by atoms with Crippen LogP contribution in [-0.2, 0) is 17.7 Å². The lowest BCUT2D eigenvalue weighted by Gasteiger charge is -2.26. The molecule has 0 saturated heterocycles. The fourth-order valence-corrected chi connectivity index (χ4v) is 3.18. The van der Waals surface area contributed by atoms with Crippen LogP contribution in [0.1, 0.15) is 17.2 Å². The Hall–Kier alpha value is -2.26. The summed E-state index contributed by atoms with van der Waals surface area (Å²) in [6, 6.07) is 16.8. The molecule has 0 aliphatic carbocycles. The van der Waals surface area contributed by atoms with Crippen molar-refractivity contribution in [2.45, 2.75) is 19.1 Å². The first-order valence-electron chi connectivity index (χ1n) is 7.35. The van der Waals surface area contributed by atoms with Gasteiger partial charge >= 0.3 is 0 Å². The molecule has 2 aromatic carbocycles. The van der Waals surface area contributed by atoms with Crippen molar-refractivity contribution in [1.29, 1.82) is 0 Å². The van der Waals surface area contributed by atoms with Gasteiger partial charge in [-0.15, -0.1) is 0 Å². The van der Waals surface area contributed by atoms with Crippen LogP contribution in [0.25, 0.3) is 10.9 Å². The lowest BCUT2D eigenvalue weighted by atomic mass is 9.97. The van der Waals surface area contributed by atoms with Crippen LogP contribution >= 0.6 is 0 Å². The molecular formula is C18H18N2O. The summed E-state index contributed by atoms with van der Waals surface area (Å²) in [5.41, 5.74) is 10.6. The van der Waals surface area contributed by atoms with E-state index in [0.29, 0.717) is 0 Å². The molecule has 3 nitrogen and oxygen atoms in total. The number of nitrogens with two attached hydrogens (primary N) is 1. The highest BCUT2D eigenvalue weighted by Gasteiger charge is 2.21. The summed E-state index contributed by atoms with van der Waals surface area (Å²) in [6.45, 7) is 1.64. The Labute approximate surface area is 123 Å². The second-order valence-corrected chi connectivity index (χ2v) is 5.59. The molecule has 0 fully saturated rings. The van der Waals surface area contributed by atoms with E-state index in [-0.39, 0.29) is 6.10 Å². The Morgan fingerprint density at radius 1 is 1.14 bits per heavy atom. The maximum Gasteiger partial charge on any atom is 0.101 e. The standard InChI is InChI=1S/C18H18N2O/c19-15-5-6-17-14(11-15)7-9-20(17)12-18-16-4-2-1-3-13(16)8-10-21-18/h1-7,9,11,18H,8,10,12,19H2. The minimum absolute atomic E-state index is 0.128. The average molecular weight is 278 g/mol. The van der Waals surface area contributed by atoms with E-state index in [4.69, 9.17) is 10.5 Å². The molecule has 1 aliphatic rings. The van der Waals surface area contributed by atoms with Crippen molar-refractivity contribution in [2.75, 3.05) is 12.3 Å². The second-order valence-electron chi connectivity index (χ2n) is 5.59. The Bertz CT molecular complexity index is 791. The smallest absolute Gasteiger partial charge is 0.101 e. The highest BCUT2D eigenvalue weighted by Crippen LogP contribution is 2.30. The number of anilines is 1. The van der Waals surface area contributed by atoms with Gasteiger partial charge in [0.1, 0.15) is 6.10 Å². The van der Waals surface area contributed by atoms with Gasteiger partial charge in [-0.3, -0.25) is 0 Å². The van der Waals surface area contributed by atoms with Crippen molar-refractivity contribution in [3.8, 4) is 0 Å². The van der Waals surface area contributed by atoms with E-state index in [0.717, 1.165) is 25.3 Å². The van der Waals surface area contributed by atoms with Crippen molar-refractivity contribution in [2.24, 2.45) is 0 Å². The minimum Gasteiger partial charge on any atom is -0.399 e. The molecule has 3 aromatic rings. The second kappa shape index (κ2) is 4.93. The van der Waals surface area contributed by atoms with E-state index in [2.05, 4.69) is 47.2 Å². The number of hydrogen-bond donors (Lipinski definition) is 1. The van der Waals surface area contributed by atoms with Crippen molar-refractivity contribution < 1.29 is 4.74 Å². The van der Waals surface area contributed by atoms with Gasteiger partial charge in [0, 0.05) is 22.8 Å². The highest BCUT2D eigenvalue weighted by atomic mass is 16.5. The maximum absolute atomic E-state index is 6.00. The zero-order valence-electron chi connectivity index (χ0n) is 11.8. The first-order chi connectivity index (χ1) is 10.3. The molecule has 4 rings (SSSR count). The van der Waals surface area contributed by atoms with E-state index < -0.39 is 0 Å². The Morgan fingerprint density at radius 3 is 3.00 bits per heavy atom. The third kappa shape index (κ3) is 2.20. The molecular weight excluding hydrogens is 260 g/mol. The van der Waals surface area contributed by atoms with Gasteiger partial charge in [-0.05, 0) is 41.8 Å². The molecule has 1 unspecified atom stereocenters. The number of fused-ring (bicyclic) bond motifs is 2. The maximum atomic E-state index is 6.00. The van der Waals surface area contributed by atoms with Gasteiger partial charge < -0.3 is 15.0 Å². The molecule has 0 saturated carbocycles. The number of aromatic nitrogens is 1. The summed E-state index contributed by atoms with van der Waals surface area (Å²) in [5.74, 6) is 0. The van der Waals surface area contributed by atoms with Crippen molar-refractivity contribution in [1.82, 2.24) is 4.57 Å². The summed E-state index contributed by atoms with van der Waals surface area (Å²) in [7, 11) is 0. The third-order valence-corrected chi connectivity index (χ3v) is 4.25. The fraction of sp³-hybridized carbons (Fsp3) is 0.222. The summed E-state index contributed by atoms with van der Waals surface area (Å²) in [6.07, 6.45) is 3.25. The first kappa shape index (κ1) is 12.5. The molecule has 1 aliphatic heterocycles. The third-order valence-electron chi connectivity index (χ3n) is 4.25. The number of ether oxygens (including phenoxy) is 1. The Kier molecular flexibility index (Phi) is 2.93. The Morgan fingerprint density at radius 2 is 2.05 bits per heavy atom. The zero-order chi connectivity index (χ0) is 14.2. The number of nitrogen functional groups attached to an aromatic ring is 1. The van der Waals surface area contributed by atoms with Crippen LogP contribution in [0.3, 0.4) is 0 Å². The molecule has 1 aromatic heterocycles. The SMILES string of the molecule is Nc1ccc2c(ccn2CC2OCCc3ccccc32)c1. The van der Waals surface area contributed by atoms with Crippen LogP contribution in [-0.4, -0.2) is 11.2 Å². The topological polar surface area (TPSA) is 40.2 Å². The zero-order valence-corrected chi connectivity index (χ0v) is 11.8. The summed E-state index contributed by atoms with van der Waals surface area (Å²) in [4.78, 5) is 0. The quantitative estimate of drug-likeness (QED) is 0.728. The van der Waals surface area contributed by atoms with Gasteiger partial charge in [0.15, 0.2) is 0 Å². The van der Waals surface area contributed by atoms with E-state index in [1.807, 2.05) is 12.1 Å². The van der Waals surface area contributed by atoms with Gasteiger partial charge in [0.2, 0.25) is 0 Å². The lowest BCUT2D eigenvalue weighted by Crippen LogP contribution is -2.20. The number of rotatable bonds is 2. The van der Waals surface area contributed by atoms with Crippen LogP contribution < -0.4 is 5.73 Å². The van der Waals surface area contributed by atoms with Crippen LogP contribution in [0.2, 0.25) is 0 Å². The van der Waals surface area contributed by atoms with Crippen LogP contribution in [0, 0.1) is 0 Å². The van der Waals surface area contributed by atoms with Crippen LogP contribution in [0.4, 0.5) is 5.69 Å². The van der Waals surface area contributed by atoms with E-state index in [1.54, 1.807) is 0 Å². The van der Waals surface area contributed by atoms with Crippen LogP contribution in [0.15, 0.2) is 54.7 Å². The predicted octanol–water partition coefficient (Wildman–Crippen LogP) is 3.54. The molecule has 2 N–H and O–H groups in total. The monoisotopic (exact) mass is 278 g/mol. The number of nitrogens with zero attached hydrogens (tertiary/aromatic N) is 1. The number of hydrogen-bond acceptors (Lipinski definition) is 2.